The maximum absolute atomic E-state index is 12.2. The number of amides is 2. The van der Waals surface area contributed by atoms with Gasteiger partial charge >= 0.3 is 6.03 Å². The molecular weight excluding hydrogens is 348 g/mol. The van der Waals surface area contributed by atoms with Gasteiger partial charge in [0.2, 0.25) is 0 Å². The third-order valence-electron chi connectivity index (χ3n) is 4.25. The number of likely N-dealkylation sites (N-methyl/N-ethyl adjacent to an activating group) is 1. The van der Waals surface area contributed by atoms with Gasteiger partial charge in [-0.15, -0.1) is 0 Å². The summed E-state index contributed by atoms with van der Waals surface area (Å²) in [5.41, 5.74) is 2.19. The van der Waals surface area contributed by atoms with Crippen LogP contribution in [0.15, 0.2) is 48.5 Å². The molecule has 2 aromatic rings. The zero-order valence-electron chi connectivity index (χ0n) is 15.0. The maximum atomic E-state index is 12.2. The molecule has 0 aliphatic carbocycles. The Bertz CT molecular complexity index is 766. The highest BCUT2D eigenvalue weighted by molar-refractivity contribution is 6.31. The number of nitriles is 1. The van der Waals surface area contributed by atoms with Crippen molar-refractivity contribution in [2.24, 2.45) is 0 Å². The number of carbonyl (C=O) groups excluding carboxylic acids is 1. The number of halogens is 1. The largest absolute Gasteiger partial charge is 0.336 e. The Hall–Kier alpha value is -2.55. The molecule has 2 rings (SSSR count). The number of hydrogen-bond acceptors (Lipinski definition) is 3. The van der Waals surface area contributed by atoms with Gasteiger partial charge < -0.3 is 10.6 Å². The molecule has 0 fully saturated rings. The molecule has 1 atom stereocenters. The monoisotopic (exact) mass is 370 g/mol. The van der Waals surface area contributed by atoms with Gasteiger partial charge in [0.1, 0.15) is 0 Å². The molecule has 0 heterocycles. The van der Waals surface area contributed by atoms with Crippen LogP contribution in [0.1, 0.15) is 31.0 Å². The van der Waals surface area contributed by atoms with E-state index in [2.05, 4.69) is 35.5 Å². The molecule has 0 aliphatic rings. The number of carbonyl (C=O) groups is 1. The van der Waals surface area contributed by atoms with Crippen LogP contribution < -0.4 is 10.6 Å². The molecule has 1 unspecified atom stereocenters. The number of anilines is 1. The van der Waals surface area contributed by atoms with Crippen molar-refractivity contribution in [1.29, 1.82) is 5.26 Å². The van der Waals surface area contributed by atoms with E-state index >= 15 is 0 Å². The standard InChI is InChI=1S/C20H23ClN4O/c1-3-25(4-2)19(17-7-5-6-8-18(17)21)14-23-20(26)24-16-11-9-15(13-22)10-12-16/h5-12,19H,3-4,14H2,1-2H3,(H2,23,24,26). The van der Waals surface area contributed by atoms with Crippen molar-refractivity contribution in [3.05, 3.63) is 64.7 Å². The molecule has 2 N–H and O–H groups in total. The zero-order chi connectivity index (χ0) is 18.9. The lowest BCUT2D eigenvalue weighted by atomic mass is 10.0. The Morgan fingerprint density at radius 3 is 2.38 bits per heavy atom. The summed E-state index contributed by atoms with van der Waals surface area (Å²) >= 11 is 6.37. The second-order valence-corrected chi connectivity index (χ2v) is 6.19. The number of nitrogens with one attached hydrogen (secondary N) is 2. The molecule has 2 aromatic carbocycles. The van der Waals surface area contributed by atoms with Gasteiger partial charge in [-0.05, 0) is 49.0 Å². The number of rotatable bonds is 7. The van der Waals surface area contributed by atoms with Gasteiger partial charge in [0.05, 0.1) is 17.7 Å². The van der Waals surface area contributed by atoms with E-state index in [1.54, 1.807) is 24.3 Å². The number of urea groups is 1. The topological polar surface area (TPSA) is 68.2 Å². The fourth-order valence-electron chi connectivity index (χ4n) is 2.84. The van der Waals surface area contributed by atoms with E-state index in [4.69, 9.17) is 16.9 Å². The Kier molecular flexibility index (Phi) is 7.46. The van der Waals surface area contributed by atoms with Crippen molar-refractivity contribution >= 4 is 23.3 Å². The summed E-state index contributed by atoms with van der Waals surface area (Å²) in [6, 6.07) is 16.2. The molecule has 0 aliphatic heterocycles. The number of benzene rings is 2. The molecule has 5 nitrogen and oxygen atoms in total. The second kappa shape index (κ2) is 9.81. The fourth-order valence-corrected chi connectivity index (χ4v) is 3.10. The van der Waals surface area contributed by atoms with Crippen molar-refractivity contribution in [3.8, 4) is 6.07 Å². The van der Waals surface area contributed by atoms with Gasteiger partial charge in [-0.2, -0.15) is 5.26 Å². The molecule has 0 saturated carbocycles. The highest BCUT2D eigenvalue weighted by Crippen LogP contribution is 2.27. The Labute approximate surface area is 159 Å². The van der Waals surface area contributed by atoms with Crippen LogP contribution in [0.3, 0.4) is 0 Å². The molecule has 6 heteroatoms. The van der Waals surface area contributed by atoms with E-state index in [1.807, 2.05) is 24.3 Å². The Morgan fingerprint density at radius 1 is 1.15 bits per heavy atom. The lowest BCUT2D eigenvalue weighted by Gasteiger charge is -2.30. The highest BCUT2D eigenvalue weighted by Gasteiger charge is 2.21. The average Bonchev–Trinajstić information content (AvgIpc) is 2.66. The first-order valence-corrected chi connectivity index (χ1v) is 9.00. The third-order valence-corrected chi connectivity index (χ3v) is 4.59. The average molecular weight is 371 g/mol. The van der Waals surface area contributed by atoms with Crippen LogP contribution in [0, 0.1) is 11.3 Å². The summed E-state index contributed by atoms with van der Waals surface area (Å²) in [5, 5.41) is 15.2. The number of hydrogen-bond donors (Lipinski definition) is 2. The minimum Gasteiger partial charge on any atom is -0.336 e. The third kappa shape index (κ3) is 5.22. The normalized spacial score (nSPS) is 11.7. The maximum Gasteiger partial charge on any atom is 0.319 e. The van der Waals surface area contributed by atoms with Crippen LogP contribution >= 0.6 is 11.6 Å². The van der Waals surface area contributed by atoms with Gasteiger partial charge in [0.15, 0.2) is 0 Å². The van der Waals surface area contributed by atoms with Crippen LogP contribution in [-0.4, -0.2) is 30.6 Å². The predicted molar refractivity (Wildman–Crippen MR) is 105 cm³/mol. The molecule has 0 radical (unpaired) electrons. The summed E-state index contributed by atoms with van der Waals surface area (Å²) < 4.78 is 0. The Balaban J connectivity index is 2.05. The molecular formula is C20H23ClN4O. The lowest BCUT2D eigenvalue weighted by Crippen LogP contribution is -2.39. The van der Waals surface area contributed by atoms with Crippen LogP contribution in [0.25, 0.3) is 0 Å². The van der Waals surface area contributed by atoms with Crippen LogP contribution in [0.4, 0.5) is 10.5 Å². The molecule has 0 spiro atoms. The van der Waals surface area contributed by atoms with Crippen molar-refractivity contribution < 1.29 is 4.79 Å². The smallest absolute Gasteiger partial charge is 0.319 e. The van der Waals surface area contributed by atoms with Crippen molar-refractivity contribution in [2.75, 3.05) is 25.0 Å². The fraction of sp³-hybridized carbons (Fsp3) is 0.300. The first kappa shape index (κ1) is 19.8. The van der Waals surface area contributed by atoms with Gasteiger partial charge in [0.25, 0.3) is 0 Å². The van der Waals surface area contributed by atoms with Crippen molar-refractivity contribution in [2.45, 2.75) is 19.9 Å². The van der Waals surface area contributed by atoms with Gasteiger partial charge in [0, 0.05) is 17.3 Å². The minimum absolute atomic E-state index is 0.00888. The molecule has 136 valence electrons. The van der Waals surface area contributed by atoms with E-state index in [-0.39, 0.29) is 12.1 Å². The minimum atomic E-state index is -0.293. The SMILES string of the molecule is CCN(CC)C(CNC(=O)Nc1ccc(C#N)cc1)c1ccccc1Cl. The highest BCUT2D eigenvalue weighted by atomic mass is 35.5. The van der Waals surface area contributed by atoms with E-state index < -0.39 is 0 Å². The predicted octanol–water partition coefficient (Wildman–Crippen LogP) is 4.42. The molecule has 0 saturated heterocycles. The van der Waals surface area contributed by atoms with E-state index in [9.17, 15) is 4.79 Å². The van der Waals surface area contributed by atoms with Gasteiger partial charge in [-0.3, -0.25) is 4.90 Å². The first-order valence-electron chi connectivity index (χ1n) is 8.62. The second-order valence-electron chi connectivity index (χ2n) is 5.78. The number of nitrogens with zero attached hydrogens (tertiary/aromatic N) is 2. The summed E-state index contributed by atoms with van der Waals surface area (Å²) in [7, 11) is 0. The lowest BCUT2D eigenvalue weighted by molar-refractivity contribution is 0.210. The molecule has 26 heavy (non-hydrogen) atoms. The summed E-state index contributed by atoms with van der Waals surface area (Å²) in [4.78, 5) is 14.5. The summed E-state index contributed by atoms with van der Waals surface area (Å²) in [6.45, 7) is 6.32. The Morgan fingerprint density at radius 2 is 1.81 bits per heavy atom. The molecule has 0 bridgehead atoms. The van der Waals surface area contributed by atoms with Crippen molar-refractivity contribution in [1.82, 2.24) is 10.2 Å². The van der Waals surface area contributed by atoms with Gasteiger partial charge in [-0.25, -0.2) is 4.79 Å². The van der Waals surface area contributed by atoms with E-state index in [0.29, 0.717) is 22.8 Å². The zero-order valence-corrected chi connectivity index (χ0v) is 15.8. The van der Waals surface area contributed by atoms with Crippen LogP contribution in [-0.2, 0) is 0 Å². The van der Waals surface area contributed by atoms with E-state index in [0.717, 1.165) is 18.7 Å². The molecule has 2 amide bonds. The quantitative estimate of drug-likeness (QED) is 0.758. The van der Waals surface area contributed by atoms with E-state index in [1.165, 1.54) is 0 Å². The van der Waals surface area contributed by atoms with Crippen LogP contribution in [0.5, 0.6) is 0 Å². The van der Waals surface area contributed by atoms with Gasteiger partial charge in [-0.1, -0.05) is 43.6 Å². The summed E-state index contributed by atoms with van der Waals surface area (Å²) in [6.07, 6.45) is 0. The summed E-state index contributed by atoms with van der Waals surface area (Å²) in [5.74, 6) is 0. The van der Waals surface area contributed by atoms with Crippen molar-refractivity contribution in [3.63, 3.8) is 0 Å². The van der Waals surface area contributed by atoms with Crippen LogP contribution in [0.2, 0.25) is 5.02 Å². The molecule has 0 aromatic heterocycles. The first-order chi connectivity index (χ1) is 12.6.